The fourth-order valence-corrected chi connectivity index (χ4v) is 2.96. The monoisotopic (exact) mass is 346 g/mol. The van der Waals surface area contributed by atoms with Gasteiger partial charge in [-0.05, 0) is 39.3 Å². The van der Waals surface area contributed by atoms with Crippen LogP contribution in [0, 0.1) is 0 Å². The van der Waals surface area contributed by atoms with Crippen LogP contribution in [-0.4, -0.2) is 60.5 Å². The molecule has 3 amide bonds. The van der Waals surface area contributed by atoms with Crippen molar-refractivity contribution in [1.82, 2.24) is 20.4 Å². The van der Waals surface area contributed by atoms with E-state index in [9.17, 15) is 9.59 Å². The molecule has 0 aromatic heterocycles. The van der Waals surface area contributed by atoms with Crippen LogP contribution in [0.2, 0.25) is 0 Å². The van der Waals surface area contributed by atoms with Crippen molar-refractivity contribution in [3.8, 4) is 0 Å². The quantitative estimate of drug-likeness (QED) is 0.826. The maximum atomic E-state index is 12.4. The SMILES string of the molecule is C[C@H](CCNC(=O)N1CCCNC(=O)[C@@H]1C)N(C)Cc1ccccc1. The van der Waals surface area contributed by atoms with E-state index in [1.54, 1.807) is 11.8 Å². The van der Waals surface area contributed by atoms with Crippen LogP contribution in [0.15, 0.2) is 30.3 Å². The van der Waals surface area contributed by atoms with Gasteiger partial charge in [0.2, 0.25) is 5.91 Å². The summed E-state index contributed by atoms with van der Waals surface area (Å²) in [6.45, 7) is 6.67. The van der Waals surface area contributed by atoms with Crippen LogP contribution in [0.25, 0.3) is 0 Å². The third-order valence-electron chi connectivity index (χ3n) is 4.85. The van der Waals surface area contributed by atoms with E-state index in [4.69, 9.17) is 0 Å². The van der Waals surface area contributed by atoms with E-state index in [1.165, 1.54) is 5.56 Å². The van der Waals surface area contributed by atoms with Gasteiger partial charge in [-0.1, -0.05) is 30.3 Å². The van der Waals surface area contributed by atoms with Crippen molar-refractivity contribution in [3.05, 3.63) is 35.9 Å². The van der Waals surface area contributed by atoms with E-state index >= 15 is 0 Å². The van der Waals surface area contributed by atoms with Gasteiger partial charge in [0.05, 0.1) is 0 Å². The van der Waals surface area contributed by atoms with Gasteiger partial charge in [-0.2, -0.15) is 0 Å². The number of carbonyl (C=O) groups is 2. The van der Waals surface area contributed by atoms with Gasteiger partial charge in [0.1, 0.15) is 6.04 Å². The van der Waals surface area contributed by atoms with Crippen LogP contribution in [0.1, 0.15) is 32.3 Å². The summed E-state index contributed by atoms with van der Waals surface area (Å²) in [5, 5.41) is 5.79. The molecule has 25 heavy (non-hydrogen) atoms. The van der Waals surface area contributed by atoms with Crippen LogP contribution in [-0.2, 0) is 11.3 Å². The molecule has 0 saturated carbocycles. The topological polar surface area (TPSA) is 64.7 Å². The number of hydrogen-bond acceptors (Lipinski definition) is 3. The molecule has 1 fully saturated rings. The maximum absolute atomic E-state index is 12.4. The molecule has 1 aromatic rings. The molecule has 0 radical (unpaired) electrons. The summed E-state index contributed by atoms with van der Waals surface area (Å²) in [4.78, 5) is 28.1. The Morgan fingerprint density at radius 2 is 2.12 bits per heavy atom. The molecule has 6 heteroatoms. The number of benzene rings is 1. The third-order valence-corrected chi connectivity index (χ3v) is 4.85. The Morgan fingerprint density at radius 1 is 1.40 bits per heavy atom. The van der Waals surface area contributed by atoms with Crippen molar-refractivity contribution in [2.24, 2.45) is 0 Å². The molecule has 0 bridgehead atoms. The lowest BCUT2D eigenvalue weighted by molar-refractivity contribution is -0.124. The van der Waals surface area contributed by atoms with Crippen molar-refractivity contribution >= 4 is 11.9 Å². The molecule has 2 atom stereocenters. The van der Waals surface area contributed by atoms with Gasteiger partial charge >= 0.3 is 6.03 Å². The lowest BCUT2D eigenvalue weighted by atomic mass is 10.1. The highest BCUT2D eigenvalue weighted by Gasteiger charge is 2.27. The molecule has 6 nitrogen and oxygen atoms in total. The summed E-state index contributed by atoms with van der Waals surface area (Å²) in [7, 11) is 2.10. The number of amides is 3. The number of rotatable bonds is 6. The molecular formula is C19H30N4O2. The summed E-state index contributed by atoms with van der Waals surface area (Å²) in [6.07, 6.45) is 1.66. The average Bonchev–Trinajstić information content (AvgIpc) is 2.77. The van der Waals surface area contributed by atoms with Crippen molar-refractivity contribution < 1.29 is 9.59 Å². The second kappa shape index (κ2) is 9.42. The van der Waals surface area contributed by atoms with E-state index in [1.807, 2.05) is 18.2 Å². The van der Waals surface area contributed by atoms with Crippen LogP contribution in [0.4, 0.5) is 4.79 Å². The summed E-state index contributed by atoms with van der Waals surface area (Å²) in [5.41, 5.74) is 1.28. The zero-order valence-electron chi connectivity index (χ0n) is 15.5. The van der Waals surface area contributed by atoms with Gasteiger partial charge in [-0.3, -0.25) is 9.69 Å². The van der Waals surface area contributed by atoms with Crippen LogP contribution >= 0.6 is 0 Å². The first-order valence-corrected chi connectivity index (χ1v) is 9.05. The lowest BCUT2D eigenvalue weighted by Crippen LogP contribution is -2.49. The molecule has 0 unspecified atom stereocenters. The minimum Gasteiger partial charge on any atom is -0.354 e. The van der Waals surface area contributed by atoms with Crippen LogP contribution in [0.5, 0.6) is 0 Å². The highest BCUT2D eigenvalue weighted by Crippen LogP contribution is 2.09. The van der Waals surface area contributed by atoms with Crippen LogP contribution < -0.4 is 10.6 Å². The number of carbonyl (C=O) groups excluding carboxylic acids is 2. The lowest BCUT2D eigenvalue weighted by Gasteiger charge is -2.27. The van der Waals surface area contributed by atoms with E-state index in [0.717, 1.165) is 19.4 Å². The predicted molar refractivity (Wildman–Crippen MR) is 99.2 cm³/mol. The molecule has 1 aliphatic rings. The Bertz CT molecular complexity index is 564. The molecular weight excluding hydrogens is 316 g/mol. The molecule has 2 N–H and O–H groups in total. The molecule has 0 aliphatic carbocycles. The third kappa shape index (κ3) is 5.74. The van der Waals surface area contributed by atoms with E-state index in [-0.39, 0.29) is 11.9 Å². The molecule has 1 aromatic carbocycles. The van der Waals surface area contributed by atoms with Gasteiger partial charge in [0, 0.05) is 32.2 Å². The van der Waals surface area contributed by atoms with Crippen molar-refractivity contribution in [1.29, 1.82) is 0 Å². The first kappa shape index (κ1) is 19.2. The molecule has 2 rings (SSSR count). The number of urea groups is 1. The Balaban J connectivity index is 1.75. The largest absolute Gasteiger partial charge is 0.354 e. The Kier molecular flexibility index (Phi) is 7.25. The van der Waals surface area contributed by atoms with Crippen molar-refractivity contribution in [2.45, 2.75) is 45.3 Å². The summed E-state index contributed by atoms with van der Waals surface area (Å²) in [6, 6.07) is 10.1. The summed E-state index contributed by atoms with van der Waals surface area (Å²) >= 11 is 0. The minimum atomic E-state index is -0.416. The fraction of sp³-hybridized carbons (Fsp3) is 0.579. The van der Waals surface area contributed by atoms with Gasteiger partial charge in [-0.15, -0.1) is 0 Å². The number of nitrogens with one attached hydrogen (secondary N) is 2. The zero-order valence-corrected chi connectivity index (χ0v) is 15.5. The number of nitrogens with zero attached hydrogens (tertiary/aromatic N) is 2. The first-order valence-electron chi connectivity index (χ1n) is 9.05. The maximum Gasteiger partial charge on any atom is 0.318 e. The molecule has 1 saturated heterocycles. The second-order valence-electron chi connectivity index (χ2n) is 6.78. The Labute approximate surface area is 150 Å². The average molecular weight is 346 g/mol. The van der Waals surface area contributed by atoms with E-state index in [2.05, 4.69) is 41.6 Å². The Morgan fingerprint density at radius 3 is 2.84 bits per heavy atom. The predicted octanol–water partition coefficient (Wildman–Crippen LogP) is 1.82. The highest BCUT2D eigenvalue weighted by atomic mass is 16.2. The molecule has 1 aliphatic heterocycles. The minimum absolute atomic E-state index is 0.0800. The zero-order chi connectivity index (χ0) is 18.2. The molecule has 138 valence electrons. The van der Waals surface area contributed by atoms with Gasteiger partial charge < -0.3 is 15.5 Å². The second-order valence-corrected chi connectivity index (χ2v) is 6.78. The molecule has 0 spiro atoms. The summed E-state index contributed by atoms with van der Waals surface area (Å²) < 4.78 is 0. The van der Waals surface area contributed by atoms with Crippen molar-refractivity contribution in [3.63, 3.8) is 0 Å². The number of hydrogen-bond donors (Lipinski definition) is 2. The highest BCUT2D eigenvalue weighted by molar-refractivity contribution is 5.87. The fourth-order valence-electron chi connectivity index (χ4n) is 2.96. The van der Waals surface area contributed by atoms with Gasteiger partial charge in [-0.25, -0.2) is 4.79 Å². The van der Waals surface area contributed by atoms with Gasteiger partial charge in [0.25, 0.3) is 0 Å². The van der Waals surface area contributed by atoms with E-state index in [0.29, 0.717) is 25.7 Å². The standard InChI is InChI=1S/C19H30N4O2/c1-15(22(3)14-17-8-5-4-6-9-17)10-12-21-19(25)23-13-7-11-20-18(24)16(23)2/h4-6,8-9,15-16H,7,10-14H2,1-3H3,(H,20,24)(H,21,25)/t15-,16+/m1/s1. The first-order chi connectivity index (χ1) is 12.0. The smallest absolute Gasteiger partial charge is 0.318 e. The molecule has 1 heterocycles. The summed E-state index contributed by atoms with van der Waals surface area (Å²) in [5.74, 6) is -0.0800. The van der Waals surface area contributed by atoms with E-state index < -0.39 is 6.04 Å². The Hall–Kier alpha value is -2.08. The van der Waals surface area contributed by atoms with Gasteiger partial charge in [0.15, 0.2) is 0 Å². The van der Waals surface area contributed by atoms with Crippen molar-refractivity contribution in [2.75, 3.05) is 26.7 Å². The van der Waals surface area contributed by atoms with Crippen LogP contribution in [0.3, 0.4) is 0 Å². The normalized spacial score (nSPS) is 19.3.